The third kappa shape index (κ3) is 3.30. The van der Waals surface area contributed by atoms with Crippen LogP contribution < -0.4 is 22.3 Å². The van der Waals surface area contributed by atoms with Crippen molar-refractivity contribution in [2.45, 2.75) is 20.3 Å². The van der Waals surface area contributed by atoms with Crippen molar-refractivity contribution >= 4 is 59.4 Å². The molecule has 0 saturated heterocycles. The first-order valence-corrected chi connectivity index (χ1v) is 8.50. The van der Waals surface area contributed by atoms with Crippen molar-refractivity contribution in [3.63, 3.8) is 0 Å². The predicted molar refractivity (Wildman–Crippen MR) is 95.8 cm³/mol. The molecule has 0 unspecified atom stereocenters. The fourth-order valence-corrected chi connectivity index (χ4v) is 2.91. The lowest BCUT2D eigenvalue weighted by atomic mass is 10.1. The Kier molecular flexibility index (Phi) is 4.73. The molecule has 0 atom stereocenters. The number of hydrogen-bond donors (Lipinski definition) is 0. The fraction of sp³-hybridized carbons (Fsp3) is 0.200. The SMILES string of the molecule is C/C=c1/oc(BSBc2nc3ccccc3o2)n/c1=C/CC. The van der Waals surface area contributed by atoms with Gasteiger partial charge >= 0.3 is 0 Å². The number of aromatic nitrogens is 2. The van der Waals surface area contributed by atoms with Gasteiger partial charge in [-0.3, -0.25) is 0 Å². The molecule has 0 aliphatic heterocycles. The molecule has 110 valence electrons. The lowest BCUT2D eigenvalue weighted by Crippen LogP contribution is -2.23. The van der Waals surface area contributed by atoms with Crippen LogP contribution in [0.5, 0.6) is 0 Å². The zero-order chi connectivity index (χ0) is 15.4. The number of rotatable bonds is 5. The highest BCUT2D eigenvalue weighted by Gasteiger charge is 2.10. The second-order valence-corrected chi connectivity index (χ2v) is 5.81. The Hall–Kier alpha value is -1.88. The molecule has 0 fully saturated rings. The second kappa shape index (κ2) is 6.92. The Labute approximate surface area is 134 Å². The predicted octanol–water partition coefficient (Wildman–Crippen LogP) is 0.194. The first-order valence-electron chi connectivity index (χ1n) is 7.34. The minimum atomic E-state index is 0.703. The van der Waals surface area contributed by atoms with E-state index in [0.717, 1.165) is 39.9 Å². The van der Waals surface area contributed by atoms with Gasteiger partial charge in [0.15, 0.2) is 17.2 Å². The molecule has 0 bridgehead atoms. The minimum absolute atomic E-state index is 0.703. The lowest BCUT2D eigenvalue weighted by molar-refractivity contribution is 0.558. The summed E-state index contributed by atoms with van der Waals surface area (Å²) in [4.78, 5) is 8.98. The second-order valence-electron chi connectivity index (χ2n) is 4.83. The van der Waals surface area contributed by atoms with Gasteiger partial charge in [0.05, 0.1) is 0 Å². The molecular weight excluding hydrogens is 294 g/mol. The van der Waals surface area contributed by atoms with Crippen molar-refractivity contribution in [3.05, 3.63) is 35.0 Å². The maximum absolute atomic E-state index is 5.74. The van der Waals surface area contributed by atoms with Crippen LogP contribution in [-0.2, 0) is 0 Å². The van der Waals surface area contributed by atoms with Crippen molar-refractivity contribution in [3.8, 4) is 0 Å². The van der Waals surface area contributed by atoms with Crippen molar-refractivity contribution < 1.29 is 8.83 Å². The normalized spacial score (nSPS) is 13.0. The molecule has 0 radical (unpaired) electrons. The van der Waals surface area contributed by atoms with E-state index in [1.807, 2.05) is 37.3 Å². The average molecular weight is 310 g/mol. The van der Waals surface area contributed by atoms with Gasteiger partial charge in [-0.2, -0.15) is 0 Å². The molecule has 0 aliphatic carbocycles. The van der Waals surface area contributed by atoms with E-state index in [9.17, 15) is 0 Å². The van der Waals surface area contributed by atoms with E-state index in [0.29, 0.717) is 13.1 Å². The number of fused-ring (bicyclic) bond motifs is 1. The van der Waals surface area contributed by atoms with Crippen molar-refractivity contribution in [1.29, 1.82) is 0 Å². The van der Waals surface area contributed by atoms with Gasteiger partial charge in [0.1, 0.15) is 16.3 Å². The summed E-state index contributed by atoms with van der Waals surface area (Å²) in [5.74, 6) is 1.48. The summed E-state index contributed by atoms with van der Waals surface area (Å²) in [6.07, 6.45) is 4.97. The van der Waals surface area contributed by atoms with Crippen LogP contribution in [0.3, 0.4) is 0 Å². The Balaban J connectivity index is 1.67. The van der Waals surface area contributed by atoms with Gasteiger partial charge in [-0.1, -0.05) is 25.1 Å². The summed E-state index contributed by atoms with van der Waals surface area (Å²) in [7, 11) is 0. The first-order chi connectivity index (χ1) is 10.8. The van der Waals surface area contributed by atoms with E-state index in [-0.39, 0.29) is 0 Å². The zero-order valence-corrected chi connectivity index (χ0v) is 13.5. The van der Waals surface area contributed by atoms with Gasteiger partial charge in [-0.15, -0.1) is 0 Å². The van der Waals surface area contributed by atoms with E-state index in [4.69, 9.17) is 8.83 Å². The third-order valence-electron chi connectivity index (χ3n) is 3.17. The molecule has 3 aromatic rings. The van der Waals surface area contributed by atoms with Crippen LogP contribution >= 0.6 is 11.5 Å². The highest BCUT2D eigenvalue weighted by Crippen LogP contribution is 2.09. The Morgan fingerprint density at radius 1 is 1.14 bits per heavy atom. The van der Waals surface area contributed by atoms with Gasteiger partial charge in [0.25, 0.3) is 13.1 Å². The molecule has 4 nitrogen and oxygen atoms in total. The van der Waals surface area contributed by atoms with Crippen LogP contribution in [0.25, 0.3) is 23.3 Å². The summed E-state index contributed by atoms with van der Waals surface area (Å²) in [6.45, 7) is 5.46. The zero-order valence-electron chi connectivity index (χ0n) is 12.7. The topological polar surface area (TPSA) is 52.1 Å². The number of para-hydroxylation sites is 2. The lowest BCUT2D eigenvalue weighted by Gasteiger charge is -1.90. The summed E-state index contributed by atoms with van der Waals surface area (Å²) in [5.41, 5.74) is 2.58. The highest BCUT2D eigenvalue weighted by molar-refractivity contribution is 8.42. The molecule has 2 heterocycles. The van der Waals surface area contributed by atoms with Crippen LogP contribution in [0.15, 0.2) is 33.1 Å². The number of hydrogen-bond acceptors (Lipinski definition) is 5. The summed E-state index contributed by atoms with van der Waals surface area (Å²) in [6, 6.07) is 7.80. The van der Waals surface area contributed by atoms with E-state index in [2.05, 4.69) is 23.0 Å². The molecule has 0 saturated carbocycles. The standard InChI is InChI=1S/C15H16B2N2O2S/c1-3-7-10-12(4-2)20-14(18-10)16-22-17-15-19-11-8-5-6-9-13(11)21-15/h4-9,16-17H,3H2,1-2H3/b10-7+,12-4+. The van der Waals surface area contributed by atoms with Gasteiger partial charge in [-0.25, -0.2) is 21.4 Å². The summed E-state index contributed by atoms with van der Waals surface area (Å²) < 4.78 is 11.4. The smallest absolute Gasteiger partial charge is 0.284 e. The number of benzene rings is 1. The molecule has 2 aromatic heterocycles. The third-order valence-corrected chi connectivity index (χ3v) is 4.08. The van der Waals surface area contributed by atoms with E-state index in [1.165, 1.54) is 0 Å². The molecule has 0 spiro atoms. The molecule has 1 aromatic carbocycles. The van der Waals surface area contributed by atoms with Gasteiger partial charge in [0.2, 0.25) is 0 Å². The maximum Gasteiger partial charge on any atom is 0.284 e. The van der Waals surface area contributed by atoms with Crippen LogP contribution in [0.1, 0.15) is 20.3 Å². The molecule has 0 N–H and O–H groups in total. The molecular formula is C15H16B2N2O2S. The average Bonchev–Trinajstić information content (AvgIpc) is 3.11. The molecule has 3 rings (SSSR count). The van der Waals surface area contributed by atoms with Crippen molar-refractivity contribution in [2.75, 3.05) is 0 Å². The molecule has 7 heteroatoms. The largest absolute Gasteiger partial charge is 0.450 e. The van der Waals surface area contributed by atoms with Crippen LogP contribution in [0.4, 0.5) is 0 Å². The molecule has 22 heavy (non-hydrogen) atoms. The van der Waals surface area contributed by atoms with E-state index in [1.54, 1.807) is 11.5 Å². The van der Waals surface area contributed by atoms with Crippen LogP contribution in [-0.4, -0.2) is 23.1 Å². The molecule has 0 amide bonds. The van der Waals surface area contributed by atoms with Gasteiger partial charge in [0, 0.05) is 0 Å². The fourth-order valence-electron chi connectivity index (χ4n) is 2.21. The Morgan fingerprint density at radius 2 is 1.91 bits per heavy atom. The quantitative estimate of drug-likeness (QED) is 0.630. The van der Waals surface area contributed by atoms with Crippen LogP contribution in [0.2, 0.25) is 0 Å². The number of nitrogens with zero attached hydrogens (tertiary/aromatic N) is 2. The Bertz CT molecular complexity index is 855. The van der Waals surface area contributed by atoms with Crippen molar-refractivity contribution in [2.24, 2.45) is 0 Å². The van der Waals surface area contributed by atoms with Gasteiger partial charge < -0.3 is 8.83 Å². The van der Waals surface area contributed by atoms with Gasteiger partial charge in [-0.05, 0) is 31.6 Å². The van der Waals surface area contributed by atoms with Crippen LogP contribution in [0, 0.1) is 0 Å². The Morgan fingerprint density at radius 3 is 2.64 bits per heavy atom. The van der Waals surface area contributed by atoms with Crippen molar-refractivity contribution in [1.82, 2.24) is 9.97 Å². The molecule has 0 aliphatic rings. The minimum Gasteiger partial charge on any atom is -0.450 e. The number of oxazole rings is 2. The first kappa shape index (κ1) is 15.0. The summed E-state index contributed by atoms with van der Waals surface area (Å²) >= 11 is 1.69. The monoisotopic (exact) mass is 310 g/mol. The highest BCUT2D eigenvalue weighted by atomic mass is 32.2. The summed E-state index contributed by atoms with van der Waals surface area (Å²) in [5, 5.41) is 0.933. The van der Waals surface area contributed by atoms with E-state index < -0.39 is 0 Å². The maximum atomic E-state index is 5.74. The van der Waals surface area contributed by atoms with E-state index >= 15 is 0 Å².